The molecule has 1 fully saturated rings. The summed E-state index contributed by atoms with van der Waals surface area (Å²) in [5.41, 5.74) is 2.50. The molecule has 1 aliphatic heterocycles. The zero-order valence-corrected chi connectivity index (χ0v) is 13.0. The van der Waals surface area contributed by atoms with E-state index < -0.39 is 0 Å². The third-order valence-corrected chi connectivity index (χ3v) is 4.49. The Kier molecular flexibility index (Phi) is 4.51. The van der Waals surface area contributed by atoms with Crippen molar-refractivity contribution in [2.45, 2.75) is 38.8 Å². The molecule has 3 nitrogen and oxygen atoms in total. The van der Waals surface area contributed by atoms with Crippen LogP contribution in [0.25, 0.3) is 10.9 Å². The van der Waals surface area contributed by atoms with Gasteiger partial charge in [0.2, 0.25) is 0 Å². The predicted molar refractivity (Wildman–Crippen MR) is 88.6 cm³/mol. The molecule has 3 rings (SSSR count). The lowest BCUT2D eigenvalue weighted by Gasteiger charge is -2.20. The van der Waals surface area contributed by atoms with E-state index in [9.17, 15) is 0 Å². The first-order valence-electron chi connectivity index (χ1n) is 8.04. The van der Waals surface area contributed by atoms with E-state index in [4.69, 9.17) is 0 Å². The number of nitrogens with one attached hydrogen (secondary N) is 1. The molecule has 21 heavy (non-hydrogen) atoms. The second-order valence-electron chi connectivity index (χ2n) is 6.27. The van der Waals surface area contributed by atoms with E-state index in [1.807, 2.05) is 12.3 Å². The number of pyridine rings is 1. The fourth-order valence-electron chi connectivity index (χ4n) is 3.20. The Morgan fingerprint density at radius 1 is 1.29 bits per heavy atom. The van der Waals surface area contributed by atoms with Crippen molar-refractivity contribution >= 4 is 10.9 Å². The van der Waals surface area contributed by atoms with Crippen LogP contribution in [-0.2, 0) is 6.42 Å². The number of aromatic nitrogens is 1. The molecule has 0 radical (unpaired) electrons. The Hall–Kier alpha value is -1.45. The Bertz CT molecular complexity index is 589. The Morgan fingerprint density at radius 3 is 2.95 bits per heavy atom. The number of rotatable bonds is 5. The summed E-state index contributed by atoms with van der Waals surface area (Å²) in [7, 11) is 0. The quantitative estimate of drug-likeness (QED) is 0.914. The highest BCUT2D eigenvalue weighted by Crippen LogP contribution is 2.16. The van der Waals surface area contributed by atoms with Crippen molar-refractivity contribution < 1.29 is 0 Å². The molecule has 0 aliphatic carbocycles. The highest BCUT2D eigenvalue weighted by molar-refractivity contribution is 5.81. The van der Waals surface area contributed by atoms with E-state index in [0.29, 0.717) is 12.1 Å². The lowest BCUT2D eigenvalue weighted by Crippen LogP contribution is -2.36. The summed E-state index contributed by atoms with van der Waals surface area (Å²) in [5.74, 6) is 0. The summed E-state index contributed by atoms with van der Waals surface area (Å²) in [6, 6.07) is 11.9. The van der Waals surface area contributed by atoms with Crippen LogP contribution in [0.15, 0.2) is 36.5 Å². The van der Waals surface area contributed by atoms with Gasteiger partial charge < -0.3 is 5.32 Å². The molecule has 0 bridgehead atoms. The molecule has 2 heterocycles. The van der Waals surface area contributed by atoms with E-state index in [1.165, 1.54) is 30.5 Å². The smallest absolute Gasteiger partial charge is 0.0734 e. The van der Waals surface area contributed by atoms with Crippen molar-refractivity contribution in [1.29, 1.82) is 0 Å². The second-order valence-corrected chi connectivity index (χ2v) is 6.27. The summed E-state index contributed by atoms with van der Waals surface area (Å²) in [6.45, 7) is 8.01. The summed E-state index contributed by atoms with van der Waals surface area (Å²) in [6.07, 6.45) is 4.20. The van der Waals surface area contributed by atoms with Gasteiger partial charge in [-0.1, -0.05) is 24.3 Å². The molecule has 1 aromatic heterocycles. The van der Waals surface area contributed by atoms with E-state index in [1.54, 1.807) is 0 Å². The average Bonchev–Trinajstić information content (AvgIpc) is 2.97. The number of para-hydroxylation sites is 1. The molecule has 112 valence electrons. The highest BCUT2D eigenvalue weighted by Gasteiger charge is 2.23. The number of fused-ring (bicyclic) bond motifs is 1. The van der Waals surface area contributed by atoms with Gasteiger partial charge in [-0.05, 0) is 51.4 Å². The SMILES string of the molecule is CC(C)N1CCC(NCCc2cccc3cccnc23)C1. The largest absolute Gasteiger partial charge is 0.312 e. The molecule has 1 unspecified atom stereocenters. The summed E-state index contributed by atoms with van der Waals surface area (Å²) >= 11 is 0. The zero-order valence-electron chi connectivity index (χ0n) is 13.0. The maximum atomic E-state index is 4.53. The van der Waals surface area contributed by atoms with Gasteiger partial charge in [-0.2, -0.15) is 0 Å². The third-order valence-electron chi connectivity index (χ3n) is 4.49. The molecule has 1 aromatic carbocycles. The van der Waals surface area contributed by atoms with Crippen LogP contribution in [0.5, 0.6) is 0 Å². The fourth-order valence-corrected chi connectivity index (χ4v) is 3.20. The highest BCUT2D eigenvalue weighted by atomic mass is 15.2. The summed E-state index contributed by atoms with van der Waals surface area (Å²) in [4.78, 5) is 7.08. The van der Waals surface area contributed by atoms with Gasteiger partial charge in [0.25, 0.3) is 0 Å². The van der Waals surface area contributed by atoms with Crippen LogP contribution in [0.1, 0.15) is 25.8 Å². The third kappa shape index (κ3) is 3.42. The molecular weight excluding hydrogens is 258 g/mol. The normalized spacial score (nSPS) is 19.7. The van der Waals surface area contributed by atoms with Crippen LogP contribution < -0.4 is 5.32 Å². The predicted octanol–water partition coefficient (Wildman–Crippen LogP) is 2.85. The molecule has 2 aromatic rings. The van der Waals surface area contributed by atoms with Gasteiger partial charge >= 0.3 is 0 Å². The average molecular weight is 283 g/mol. The van der Waals surface area contributed by atoms with Crippen LogP contribution >= 0.6 is 0 Å². The van der Waals surface area contributed by atoms with Gasteiger partial charge in [-0.3, -0.25) is 9.88 Å². The van der Waals surface area contributed by atoms with E-state index in [-0.39, 0.29) is 0 Å². The van der Waals surface area contributed by atoms with Crippen LogP contribution in [0, 0.1) is 0 Å². The number of hydrogen-bond acceptors (Lipinski definition) is 3. The summed E-state index contributed by atoms with van der Waals surface area (Å²) in [5, 5.41) is 4.95. The zero-order chi connectivity index (χ0) is 14.7. The molecule has 3 heteroatoms. The minimum absolute atomic E-state index is 0.648. The molecule has 0 amide bonds. The van der Waals surface area contributed by atoms with Crippen molar-refractivity contribution in [3.05, 3.63) is 42.1 Å². The Morgan fingerprint density at radius 2 is 2.14 bits per heavy atom. The molecule has 0 saturated carbocycles. The molecular formula is C18H25N3. The number of likely N-dealkylation sites (tertiary alicyclic amines) is 1. The fraction of sp³-hybridized carbons (Fsp3) is 0.500. The van der Waals surface area contributed by atoms with Crippen LogP contribution in [0.2, 0.25) is 0 Å². The van der Waals surface area contributed by atoms with Crippen molar-refractivity contribution in [1.82, 2.24) is 15.2 Å². The lowest BCUT2D eigenvalue weighted by molar-refractivity contribution is 0.268. The first-order chi connectivity index (χ1) is 10.2. The number of hydrogen-bond donors (Lipinski definition) is 1. The maximum Gasteiger partial charge on any atom is 0.0734 e. The Labute approximate surface area is 127 Å². The number of nitrogens with zero attached hydrogens (tertiary/aromatic N) is 2. The van der Waals surface area contributed by atoms with Gasteiger partial charge in [0.1, 0.15) is 0 Å². The molecule has 1 aliphatic rings. The second kappa shape index (κ2) is 6.54. The van der Waals surface area contributed by atoms with E-state index in [0.717, 1.165) is 18.5 Å². The van der Waals surface area contributed by atoms with Gasteiger partial charge in [0.15, 0.2) is 0 Å². The lowest BCUT2D eigenvalue weighted by atomic mass is 10.1. The van der Waals surface area contributed by atoms with Gasteiger partial charge in [0, 0.05) is 30.2 Å². The monoisotopic (exact) mass is 283 g/mol. The van der Waals surface area contributed by atoms with Crippen molar-refractivity contribution in [3.8, 4) is 0 Å². The number of benzene rings is 1. The van der Waals surface area contributed by atoms with E-state index >= 15 is 0 Å². The molecule has 1 atom stereocenters. The van der Waals surface area contributed by atoms with Crippen LogP contribution in [0.3, 0.4) is 0 Å². The first-order valence-corrected chi connectivity index (χ1v) is 8.04. The molecule has 1 saturated heterocycles. The maximum absolute atomic E-state index is 4.53. The minimum atomic E-state index is 0.648. The minimum Gasteiger partial charge on any atom is -0.312 e. The first kappa shape index (κ1) is 14.5. The van der Waals surface area contributed by atoms with E-state index in [2.05, 4.69) is 53.3 Å². The van der Waals surface area contributed by atoms with Gasteiger partial charge in [-0.15, -0.1) is 0 Å². The molecule has 1 N–H and O–H groups in total. The topological polar surface area (TPSA) is 28.2 Å². The van der Waals surface area contributed by atoms with Crippen molar-refractivity contribution in [2.24, 2.45) is 0 Å². The summed E-state index contributed by atoms with van der Waals surface area (Å²) < 4.78 is 0. The van der Waals surface area contributed by atoms with Gasteiger partial charge in [0.05, 0.1) is 5.52 Å². The Balaban J connectivity index is 1.56. The van der Waals surface area contributed by atoms with Crippen LogP contribution in [-0.4, -0.2) is 41.6 Å². The van der Waals surface area contributed by atoms with Gasteiger partial charge in [-0.25, -0.2) is 0 Å². The van der Waals surface area contributed by atoms with Crippen molar-refractivity contribution in [2.75, 3.05) is 19.6 Å². The van der Waals surface area contributed by atoms with Crippen LogP contribution in [0.4, 0.5) is 0 Å². The molecule has 0 spiro atoms. The van der Waals surface area contributed by atoms with Crippen molar-refractivity contribution in [3.63, 3.8) is 0 Å². The standard InChI is InChI=1S/C18H25N3/c1-14(2)21-12-9-17(13-21)19-11-8-16-6-3-5-15-7-4-10-20-18(15)16/h3-7,10,14,17,19H,8-9,11-13H2,1-2H3.